The third-order valence-electron chi connectivity index (χ3n) is 3.44. The second-order valence-corrected chi connectivity index (χ2v) is 6.35. The Morgan fingerprint density at radius 3 is 2.90 bits per heavy atom. The van der Waals surface area contributed by atoms with Crippen molar-refractivity contribution in [1.82, 2.24) is 15.5 Å². The highest BCUT2D eigenvalue weighted by Crippen LogP contribution is 2.08. The van der Waals surface area contributed by atoms with E-state index in [1.807, 2.05) is 18.2 Å². The normalized spacial score (nSPS) is 16.1. The zero-order valence-electron chi connectivity index (χ0n) is 11.7. The van der Waals surface area contributed by atoms with Gasteiger partial charge in [-0.25, -0.2) is 0 Å². The smallest absolute Gasteiger partial charge is 0.224 e. The predicted octanol–water partition coefficient (Wildman–Crippen LogP) is 1.25. The van der Waals surface area contributed by atoms with Gasteiger partial charge in [0.2, 0.25) is 5.91 Å². The summed E-state index contributed by atoms with van der Waals surface area (Å²) >= 11 is 2.27. The van der Waals surface area contributed by atoms with Gasteiger partial charge in [-0.2, -0.15) is 0 Å². The van der Waals surface area contributed by atoms with Gasteiger partial charge in [0.1, 0.15) is 0 Å². The SMILES string of the molecule is O=C(Cc1cccc(I)c1)NCCCN1CCNCC1. The van der Waals surface area contributed by atoms with Crippen molar-refractivity contribution in [2.45, 2.75) is 12.8 Å². The number of piperazine rings is 1. The first-order valence-corrected chi connectivity index (χ1v) is 8.26. The van der Waals surface area contributed by atoms with E-state index in [9.17, 15) is 4.79 Å². The van der Waals surface area contributed by atoms with E-state index in [-0.39, 0.29) is 5.91 Å². The zero-order valence-corrected chi connectivity index (χ0v) is 13.9. The Morgan fingerprint density at radius 2 is 2.15 bits per heavy atom. The molecule has 20 heavy (non-hydrogen) atoms. The summed E-state index contributed by atoms with van der Waals surface area (Å²) in [5.74, 6) is 0.118. The van der Waals surface area contributed by atoms with Gasteiger partial charge in [0.15, 0.2) is 0 Å². The van der Waals surface area contributed by atoms with Gasteiger partial charge in [-0.3, -0.25) is 4.79 Å². The fraction of sp³-hybridized carbons (Fsp3) is 0.533. The van der Waals surface area contributed by atoms with Crippen LogP contribution in [0.1, 0.15) is 12.0 Å². The molecule has 5 heteroatoms. The van der Waals surface area contributed by atoms with Gasteiger partial charge in [0, 0.05) is 36.3 Å². The molecule has 0 bridgehead atoms. The maximum atomic E-state index is 11.8. The van der Waals surface area contributed by atoms with Crippen molar-refractivity contribution >= 4 is 28.5 Å². The maximum absolute atomic E-state index is 11.8. The zero-order chi connectivity index (χ0) is 14.2. The Labute approximate surface area is 134 Å². The molecule has 1 fully saturated rings. The summed E-state index contributed by atoms with van der Waals surface area (Å²) in [6.07, 6.45) is 1.50. The number of nitrogens with one attached hydrogen (secondary N) is 2. The minimum absolute atomic E-state index is 0.118. The first-order chi connectivity index (χ1) is 9.74. The lowest BCUT2D eigenvalue weighted by Gasteiger charge is -2.27. The van der Waals surface area contributed by atoms with Crippen molar-refractivity contribution in [3.63, 3.8) is 0 Å². The van der Waals surface area contributed by atoms with E-state index >= 15 is 0 Å². The predicted molar refractivity (Wildman–Crippen MR) is 89.8 cm³/mol. The maximum Gasteiger partial charge on any atom is 0.224 e. The van der Waals surface area contributed by atoms with Crippen LogP contribution in [0.3, 0.4) is 0 Å². The fourth-order valence-electron chi connectivity index (χ4n) is 2.36. The molecule has 0 radical (unpaired) electrons. The molecule has 1 aliphatic rings. The lowest BCUT2D eigenvalue weighted by Crippen LogP contribution is -2.44. The van der Waals surface area contributed by atoms with Gasteiger partial charge < -0.3 is 15.5 Å². The fourth-order valence-corrected chi connectivity index (χ4v) is 2.97. The molecule has 1 saturated heterocycles. The molecule has 1 aliphatic heterocycles. The summed E-state index contributed by atoms with van der Waals surface area (Å²) in [6, 6.07) is 8.09. The molecular formula is C15H22IN3O. The first-order valence-electron chi connectivity index (χ1n) is 7.18. The first kappa shape index (κ1) is 15.7. The van der Waals surface area contributed by atoms with Crippen LogP contribution < -0.4 is 10.6 Å². The molecule has 0 spiro atoms. The average Bonchev–Trinajstić information content (AvgIpc) is 2.45. The summed E-state index contributed by atoms with van der Waals surface area (Å²) in [4.78, 5) is 14.3. The highest BCUT2D eigenvalue weighted by Gasteiger charge is 2.09. The number of rotatable bonds is 6. The molecule has 1 amide bonds. The average molecular weight is 387 g/mol. The Balaban J connectivity index is 1.60. The summed E-state index contributed by atoms with van der Waals surface area (Å²) in [5, 5.41) is 6.35. The van der Waals surface area contributed by atoms with Gasteiger partial charge in [0.05, 0.1) is 6.42 Å². The highest BCUT2D eigenvalue weighted by molar-refractivity contribution is 14.1. The van der Waals surface area contributed by atoms with Crippen LogP contribution in [-0.2, 0) is 11.2 Å². The van der Waals surface area contributed by atoms with E-state index in [2.05, 4.69) is 44.2 Å². The third-order valence-corrected chi connectivity index (χ3v) is 4.11. The molecule has 0 saturated carbocycles. The molecule has 1 aromatic carbocycles. The number of benzene rings is 1. The number of carbonyl (C=O) groups is 1. The molecule has 0 unspecified atom stereocenters. The number of nitrogens with zero attached hydrogens (tertiary/aromatic N) is 1. The summed E-state index contributed by atoms with van der Waals surface area (Å²) < 4.78 is 1.17. The number of hydrogen-bond donors (Lipinski definition) is 2. The highest BCUT2D eigenvalue weighted by atomic mass is 127. The van der Waals surface area contributed by atoms with Gasteiger partial charge >= 0.3 is 0 Å². The van der Waals surface area contributed by atoms with E-state index in [4.69, 9.17) is 0 Å². The largest absolute Gasteiger partial charge is 0.356 e. The van der Waals surface area contributed by atoms with E-state index in [1.165, 1.54) is 3.57 Å². The van der Waals surface area contributed by atoms with Crippen molar-refractivity contribution in [3.8, 4) is 0 Å². The molecule has 0 atom stereocenters. The monoisotopic (exact) mass is 387 g/mol. The van der Waals surface area contributed by atoms with Crippen LogP contribution in [0.2, 0.25) is 0 Å². The minimum atomic E-state index is 0.118. The van der Waals surface area contributed by atoms with Crippen LogP contribution >= 0.6 is 22.6 Å². The lowest BCUT2D eigenvalue weighted by molar-refractivity contribution is -0.120. The molecule has 1 heterocycles. The van der Waals surface area contributed by atoms with Crippen molar-refractivity contribution in [2.24, 2.45) is 0 Å². The Kier molecular flexibility index (Phi) is 6.75. The lowest BCUT2D eigenvalue weighted by atomic mass is 10.1. The molecule has 4 nitrogen and oxygen atoms in total. The van der Waals surface area contributed by atoms with Crippen LogP contribution in [0.4, 0.5) is 0 Å². The van der Waals surface area contributed by atoms with Crippen LogP contribution in [0.15, 0.2) is 24.3 Å². The van der Waals surface area contributed by atoms with Crippen LogP contribution in [-0.4, -0.2) is 50.1 Å². The Hall–Kier alpha value is -0.660. The van der Waals surface area contributed by atoms with Gasteiger partial charge in [-0.15, -0.1) is 0 Å². The van der Waals surface area contributed by atoms with Gasteiger partial charge in [-0.1, -0.05) is 12.1 Å². The molecule has 0 aliphatic carbocycles. The van der Waals surface area contributed by atoms with Crippen molar-refractivity contribution in [2.75, 3.05) is 39.3 Å². The molecular weight excluding hydrogens is 365 g/mol. The molecule has 110 valence electrons. The minimum Gasteiger partial charge on any atom is -0.356 e. The third kappa shape index (κ3) is 5.76. The van der Waals surface area contributed by atoms with E-state index in [0.717, 1.165) is 51.3 Å². The van der Waals surface area contributed by atoms with Crippen LogP contribution in [0.5, 0.6) is 0 Å². The summed E-state index contributed by atoms with van der Waals surface area (Å²) in [7, 11) is 0. The van der Waals surface area contributed by atoms with Crippen LogP contribution in [0, 0.1) is 3.57 Å². The summed E-state index contributed by atoms with van der Waals surface area (Å²) in [5.41, 5.74) is 1.08. The number of amides is 1. The van der Waals surface area contributed by atoms with E-state index in [1.54, 1.807) is 0 Å². The Morgan fingerprint density at radius 1 is 1.35 bits per heavy atom. The van der Waals surface area contributed by atoms with Crippen LogP contribution in [0.25, 0.3) is 0 Å². The standard InChI is InChI=1S/C15H22IN3O/c16-14-4-1-3-13(11-14)12-15(20)18-5-2-8-19-9-6-17-7-10-19/h1,3-4,11,17H,2,5-10,12H2,(H,18,20). The van der Waals surface area contributed by atoms with E-state index in [0.29, 0.717) is 6.42 Å². The Bertz CT molecular complexity index is 433. The van der Waals surface area contributed by atoms with E-state index < -0.39 is 0 Å². The summed E-state index contributed by atoms with van der Waals surface area (Å²) in [6.45, 7) is 6.25. The van der Waals surface area contributed by atoms with Gasteiger partial charge in [0.25, 0.3) is 0 Å². The van der Waals surface area contributed by atoms with Gasteiger partial charge in [-0.05, 0) is 53.3 Å². The van der Waals surface area contributed by atoms with Crippen molar-refractivity contribution in [3.05, 3.63) is 33.4 Å². The molecule has 0 aromatic heterocycles. The second-order valence-electron chi connectivity index (χ2n) is 5.10. The molecule has 2 rings (SSSR count). The number of hydrogen-bond acceptors (Lipinski definition) is 3. The molecule has 2 N–H and O–H groups in total. The van der Waals surface area contributed by atoms with Crippen molar-refractivity contribution in [1.29, 1.82) is 0 Å². The topological polar surface area (TPSA) is 44.4 Å². The number of carbonyl (C=O) groups excluding carboxylic acids is 1. The van der Waals surface area contributed by atoms with Crippen molar-refractivity contribution < 1.29 is 4.79 Å². The molecule has 1 aromatic rings. The quantitative estimate of drug-likeness (QED) is 0.571. The second kappa shape index (κ2) is 8.59. The number of halogens is 1.